The van der Waals surface area contributed by atoms with Crippen LogP contribution in [0.2, 0.25) is 0 Å². The van der Waals surface area contributed by atoms with E-state index in [1.165, 1.54) is 4.68 Å². The lowest BCUT2D eigenvalue weighted by atomic mass is 9.60. The van der Waals surface area contributed by atoms with Crippen molar-refractivity contribution in [1.82, 2.24) is 39.4 Å². The van der Waals surface area contributed by atoms with Crippen molar-refractivity contribution in [3.63, 3.8) is 0 Å². The molecule has 0 bridgehead atoms. The number of halogens is 6. The molecule has 6 rings (SSSR count). The van der Waals surface area contributed by atoms with Crippen molar-refractivity contribution in [2.45, 2.75) is 37.8 Å². The van der Waals surface area contributed by atoms with E-state index < -0.39 is 23.9 Å². The SMILES string of the molecule is O=C(N1CC2(CC(n3cnc(C(F)(F)F)n3)C2)C1)N1CC2(CN(Cc3ncc(C(F)(F)F)[nH]3)C2)C1. The van der Waals surface area contributed by atoms with Crippen LogP contribution in [0.3, 0.4) is 0 Å². The molecule has 9 nitrogen and oxygen atoms in total. The summed E-state index contributed by atoms with van der Waals surface area (Å²) >= 11 is 0. The Bertz CT molecular complexity index is 1130. The molecule has 2 aromatic heterocycles. The molecule has 2 spiro atoms. The number of carbonyl (C=O) groups is 1. The Hall–Kier alpha value is -2.84. The van der Waals surface area contributed by atoms with Crippen LogP contribution < -0.4 is 0 Å². The standard InChI is InChI=1S/C20H22F6N8O/c21-19(22,23)13-3-27-14(29-13)4-31-5-18(6-31)9-33(10-18)16(35)32-7-17(8-32)1-12(2-17)34-11-28-15(30-34)20(24,25)26/h3,11-12H,1-2,4-10H2,(H,27,29). The van der Waals surface area contributed by atoms with Crippen LogP contribution >= 0.6 is 0 Å². The number of carbonyl (C=O) groups excluding carboxylic acids is 1. The molecule has 190 valence electrons. The molecule has 0 aromatic carbocycles. The number of nitrogens with zero attached hydrogens (tertiary/aromatic N) is 7. The van der Waals surface area contributed by atoms with Crippen LogP contribution in [0.15, 0.2) is 12.5 Å². The molecule has 15 heteroatoms. The summed E-state index contributed by atoms with van der Waals surface area (Å²) in [5.41, 5.74) is -0.929. The molecule has 1 aliphatic carbocycles. The zero-order valence-electron chi connectivity index (χ0n) is 18.4. The minimum atomic E-state index is -4.56. The molecular formula is C20H22F6N8O. The largest absolute Gasteiger partial charge is 0.453 e. The average Bonchev–Trinajstić information content (AvgIpc) is 3.29. The van der Waals surface area contributed by atoms with E-state index in [0.717, 1.165) is 12.5 Å². The van der Waals surface area contributed by atoms with E-state index in [1.807, 2.05) is 4.90 Å². The maximum absolute atomic E-state index is 12.8. The summed E-state index contributed by atoms with van der Waals surface area (Å²) in [6.07, 6.45) is -5.76. The number of alkyl halides is 6. The second-order valence-corrected chi connectivity index (χ2v) is 10.5. The third-order valence-electron chi connectivity index (χ3n) is 7.54. The second kappa shape index (κ2) is 7.11. The lowest BCUT2D eigenvalue weighted by Crippen LogP contribution is -2.75. The normalized spacial score (nSPS) is 23.7. The first-order chi connectivity index (χ1) is 16.3. The van der Waals surface area contributed by atoms with E-state index in [4.69, 9.17) is 0 Å². The number of H-pyrrole nitrogens is 1. The van der Waals surface area contributed by atoms with E-state index in [0.29, 0.717) is 58.7 Å². The fraction of sp³-hybridized carbons (Fsp3) is 0.700. The maximum Gasteiger partial charge on any atom is 0.453 e. The van der Waals surface area contributed by atoms with Gasteiger partial charge in [0, 0.05) is 50.1 Å². The molecular weight excluding hydrogens is 482 g/mol. The number of nitrogens with one attached hydrogen (secondary N) is 1. The van der Waals surface area contributed by atoms with Gasteiger partial charge in [-0.3, -0.25) is 4.90 Å². The maximum atomic E-state index is 12.8. The number of aromatic amines is 1. The summed E-state index contributed by atoms with van der Waals surface area (Å²) in [7, 11) is 0. The minimum Gasteiger partial charge on any atom is -0.337 e. The number of aromatic nitrogens is 5. The van der Waals surface area contributed by atoms with Gasteiger partial charge in [0.15, 0.2) is 0 Å². The van der Waals surface area contributed by atoms with E-state index in [9.17, 15) is 31.1 Å². The molecule has 2 amide bonds. The number of imidazole rings is 1. The van der Waals surface area contributed by atoms with E-state index >= 15 is 0 Å². The summed E-state index contributed by atoms with van der Waals surface area (Å²) in [6.45, 7) is 4.08. The van der Waals surface area contributed by atoms with Crippen molar-refractivity contribution in [3.05, 3.63) is 29.9 Å². The molecule has 4 fully saturated rings. The molecule has 0 atom stereocenters. The fourth-order valence-electron chi connectivity index (χ4n) is 5.98. The molecule has 4 aliphatic rings. The van der Waals surface area contributed by atoms with Crippen LogP contribution in [0.25, 0.3) is 0 Å². The summed E-state index contributed by atoms with van der Waals surface area (Å²) in [5.74, 6) is -0.870. The van der Waals surface area contributed by atoms with Crippen molar-refractivity contribution >= 4 is 6.03 Å². The van der Waals surface area contributed by atoms with Crippen LogP contribution in [0, 0.1) is 10.8 Å². The van der Waals surface area contributed by atoms with Gasteiger partial charge in [0.1, 0.15) is 17.8 Å². The van der Waals surface area contributed by atoms with Crippen LogP contribution in [-0.4, -0.2) is 84.7 Å². The highest BCUT2D eigenvalue weighted by molar-refractivity contribution is 5.77. The average molecular weight is 504 g/mol. The van der Waals surface area contributed by atoms with Gasteiger partial charge in [0.2, 0.25) is 0 Å². The van der Waals surface area contributed by atoms with Crippen LogP contribution in [-0.2, 0) is 18.9 Å². The lowest BCUT2D eigenvalue weighted by Gasteiger charge is -2.63. The zero-order valence-corrected chi connectivity index (χ0v) is 18.4. The molecule has 2 aromatic rings. The van der Waals surface area contributed by atoms with Gasteiger partial charge in [-0.2, -0.15) is 26.3 Å². The van der Waals surface area contributed by atoms with Crippen molar-refractivity contribution in [2.24, 2.45) is 10.8 Å². The predicted molar refractivity (Wildman–Crippen MR) is 106 cm³/mol. The highest BCUT2D eigenvalue weighted by Crippen LogP contribution is 2.54. The number of urea groups is 1. The Morgan fingerprint density at radius 3 is 2.11 bits per heavy atom. The Kier molecular flexibility index (Phi) is 4.59. The summed E-state index contributed by atoms with van der Waals surface area (Å²) in [5, 5.41) is 3.54. The van der Waals surface area contributed by atoms with Crippen LogP contribution in [0.4, 0.5) is 31.1 Å². The highest BCUT2D eigenvalue weighted by atomic mass is 19.4. The van der Waals surface area contributed by atoms with Crippen LogP contribution in [0.1, 0.15) is 36.2 Å². The van der Waals surface area contributed by atoms with Gasteiger partial charge in [-0.05, 0) is 12.8 Å². The van der Waals surface area contributed by atoms with Crippen LogP contribution in [0.5, 0.6) is 0 Å². The summed E-state index contributed by atoms with van der Waals surface area (Å²) in [4.78, 5) is 27.7. The van der Waals surface area contributed by atoms with E-state index in [1.54, 1.807) is 9.80 Å². The first kappa shape index (κ1) is 22.6. The first-order valence-electron chi connectivity index (χ1n) is 11.2. The molecule has 5 heterocycles. The third-order valence-corrected chi connectivity index (χ3v) is 7.54. The second-order valence-electron chi connectivity index (χ2n) is 10.5. The van der Waals surface area contributed by atoms with Crippen molar-refractivity contribution in [2.75, 3.05) is 39.3 Å². The third kappa shape index (κ3) is 3.83. The predicted octanol–water partition coefficient (Wildman–Crippen LogP) is 2.61. The molecule has 1 N–H and O–H groups in total. The number of rotatable bonds is 3. The van der Waals surface area contributed by atoms with Crippen molar-refractivity contribution < 1.29 is 31.1 Å². The topological polar surface area (TPSA) is 86.2 Å². The van der Waals surface area contributed by atoms with E-state index in [2.05, 4.69) is 20.1 Å². The number of hydrogen-bond acceptors (Lipinski definition) is 5. The number of amides is 2. The lowest BCUT2D eigenvalue weighted by molar-refractivity contribution is -0.145. The Morgan fingerprint density at radius 2 is 1.57 bits per heavy atom. The highest BCUT2D eigenvalue weighted by Gasteiger charge is 2.58. The molecule has 0 radical (unpaired) electrons. The Morgan fingerprint density at radius 1 is 0.943 bits per heavy atom. The summed E-state index contributed by atoms with van der Waals surface area (Å²) < 4.78 is 77.4. The molecule has 1 saturated carbocycles. The zero-order chi connectivity index (χ0) is 24.8. The van der Waals surface area contributed by atoms with Crippen molar-refractivity contribution in [1.29, 1.82) is 0 Å². The van der Waals surface area contributed by atoms with Gasteiger partial charge in [-0.1, -0.05) is 0 Å². The van der Waals surface area contributed by atoms with Gasteiger partial charge in [0.05, 0.1) is 18.8 Å². The number of likely N-dealkylation sites (tertiary alicyclic amines) is 3. The minimum absolute atomic E-state index is 0.0114. The molecule has 0 unspecified atom stereocenters. The monoisotopic (exact) mass is 504 g/mol. The van der Waals surface area contributed by atoms with Crippen molar-refractivity contribution in [3.8, 4) is 0 Å². The Labute approximate surface area is 195 Å². The molecule has 35 heavy (non-hydrogen) atoms. The smallest absolute Gasteiger partial charge is 0.337 e. The Balaban J connectivity index is 0.926. The quantitative estimate of drug-likeness (QED) is 0.650. The van der Waals surface area contributed by atoms with E-state index in [-0.39, 0.29) is 28.7 Å². The van der Waals surface area contributed by atoms with Gasteiger partial charge in [0.25, 0.3) is 5.82 Å². The molecule has 3 aliphatic heterocycles. The molecule has 3 saturated heterocycles. The van der Waals surface area contributed by atoms with Gasteiger partial charge in [-0.15, -0.1) is 5.10 Å². The fourth-order valence-corrected chi connectivity index (χ4v) is 5.98. The van der Waals surface area contributed by atoms with Gasteiger partial charge < -0.3 is 14.8 Å². The summed E-state index contributed by atoms with van der Waals surface area (Å²) in [6, 6.07) is -0.172. The van der Waals surface area contributed by atoms with Gasteiger partial charge in [-0.25, -0.2) is 19.4 Å². The number of hydrogen-bond donors (Lipinski definition) is 1. The van der Waals surface area contributed by atoms with Gasteiger partial charge >= 0.3 is 18.4 Å². The first-order valence-corrected chi connectivity index (χ1v) is 11.2.